The van der Waals surface area contributed by atoms with E-state index < -0.39 is 0 Å². The topological polar surface area (TPSA) is 62.7 Å². The number of hydrogen-bond donors (Lipinski definition) is 0. The Hall–Kier alpha value is -2.47. The Balaban J connectivity index is 1.56. The summed E-state index contributed by atoms with van der Waals surface area (Å²) in [6.45, 7) is 1.33. The fraction of sp³-hybridized carbons (Fsp3) is 0.389. The van der Waals surface area contributed by atoms with Gasteiger partial charge in [0, 0.05) is 37.3 Å². The molecule has 0 spiro atoms. The number of rotatable bonds is 2. The van der Waals surface area contributed by atoms with Gasteiger partial charge in [-0.25, -0.2) is 0 Å². The molecule has 2 fully saturated rings. The van der Waals surface area contributed by atoms with Crippen molar-refractivity contribution in [3.8, 4) is 0 Å². The van der Waals surface area contributed by atoms with Crippen molar-refractivity contribution in [1.29, 1.82) is 0 Å². The highest BCUT2D eigenvalue weighted by molar-refractivity contribution is 6.00. The average molecular weight is 325 g/mol. The number of aromatic nitrogens is 1. The van der Waals surface area contributed by atoms with Crippen LogP contribution in [0.1, 0.15) is 16.8 Å². The van der Waals surface area contributed by atoms with E-state index in [1.807, 2.05) is 29.2 Å². The maximum atomic E-state index is 12.8. The van der Waals surface area contributed by atoms with Crippen LogP contribution in [0.5, 0.6) is 0 Å². The Morgan fingerprint density at radius 1 is 1.29 bits per heavy atom. The van der Waals surface area contributed by atoms with E-state index in [4.69, 9.17) is 4.74 Å². The first-order valence-corrected chi connectivity index (χ1v) is 8.12. The van der Waals surface area contributed by atoms with Gasteiger partial charge in [-0.2, -0.15) is 0 Å². The molecular weight excluding hydrogens is 306 g/mol. The van der Waals surface area contributed by atoms with Crippen LogP contribution in [0, 0.1) is 0 Å². The van der Waals surface area contributed by atoms with Crippen LogP contribution >= 0.6 is 0 Å². The third-order valence-electron chi connectivity index (χ3n) is 4.92. The zero-order valence-corrected chi connectivity index (χ0v) is 13.5. The minimum absolute atomic E-state index is 0.00149. The summed E-state index contributed by atoms with van der Waals surface area (Å²) in [4.78, 5) is 33.0. The number of pyridine rings is 1. The number of amides is 2. The summed E-state index contributed by atoms with van der Waals surface area (Å²) in [5, 5.41) is 0.925. The zero-order chi connectivity index (χ0) is 16.7. The van der Waals surface area contributed by atoms with Gasteiger partial charge < -0.3 is 14.5 Å². The van der Waals surface area contributed by atoms with Gasteiger partial charge in [0.15, 0.2) is 0 Å². The molecule has 3 heterocycles. The van der Waals surface area contributed by atoms with Gasteiger partial charge in [-0.15, -0.1) is 0 Å². The molecule has 2 aliphatic rings. The minimum atomic E-state index is -0.102. The fourth-order valence-corrected chi connectivity index (χ4v) is 3.64. The second kappa shape index (κ2) is 5.87. The molecule has 0 aliphatic carbocycles. The summed E-state index contributed by atoms with van der Waals surface area (Å²) >= 11 is 0. The van der Waals surface area contributed by atoms with E-state index in [9.17, 15) is 9.59 Å². The van der Waals surface area contributed by atoms with Gasteiger partial charge in [-0.05, 0) is 30.7 Å². The summed E-state index contributed by atoms with van der Waals surface area (Å²) in [5.74, 6) is -0.101. The van der Waals surface area contributed by atoms with Crippen molar-refractivity contribution >= 4 is 22.7 Å². The number of carbonyl (C=O) groups excluding carboxylic acids is 2. The van der Waals surface area contributed by atoms with E-state index in [0.29, 0.717) is 18.7 Å². The van der Waals surface area contributed by atoms with Crippen molar-refractivity contribution in [3.63, 3.8) is 0 Å². The molecule has 0 radical (unpaired) electrons. The number of hydrogen-bond acceptors (Lipinski definition) is 4. The van der Waals surface area contributed by atoms with Crippen molar-refractivity contribution in [1.82, 2.24) is 14.8 Å². The second-order valence-electron chi connectivity index (χ2n) is 6.39. The van der Waals surface area contributed by atoms with Gasteiger partial charge in [-0.3, -0.25) is 14.6 Å². The lowest BCUT2D eigenvalue weighted by Crippen LogP contribution is -2.55. The molecule has 6 heteroatoms. The Morgan fingerprint density at radius 3 is 3.00 bits per heavy atom. The van der Waals surface area contributed by atoms with E-state index >= 15 is 0 Å². The highest BCUT2D eigenvalue weighted by Gasteiger charge is 2.41. The molecule has 0 bridgehead atoms. The summed E-state index contributed by atoms with van der Waals surface area (Å²) in [6, 6.07) is 9.30. The van der Waals surface area contributed by atoms with Crippen LogP contribution in [-0.4, -0.2) is 65.5 Å². The second-order valence-corrected chi connectivity index (χ2v) is 6.39. The molecule has 4 rings (SSSR count). The number of carbonyl (C=O) groups is 2. The molecule has 0 unspecified atom stereocenters. The number of ether oxygens (including phenoxy) is 1. The van der Waals surface area contributed by atoms with E-state index in [2.05, 4.69) is 4.98 Å². The van der Waals surface area contributed by atoms with Crippen molar-refractivity contribution in [3.05, 3.63) is 42.1 Å². The normalized spacial score (nSPS) is 23.6. The highest BCUT2D eigenvalue weighted by Crippen LogP contribution is 2.25. The Bertz CT molecular complexity index is 807. The number of piperazine rings is 1. The van der Waals surface area contributed by atoms with Gasteiger partial charge in [0.05, 0.1) is 17.7 Å². The molecule has 124 valence electrons. The maximum absolute atomic E-state index is 12.8. The molecule has 2 aromatic rings. The van der Waals surface area contributed by atoms with Crippen molar-refractivity contribution < 1.29 is 14.3 Å². The molecule has 0 N–H and O–H groups in total. The fourth-order valence-electron chi connectivity index (χ4n) is 3.64. The Morgan fingerprint density at radius 2 is 2.17 bits per heavy atom. The van der Waals surface area contributed by atoms with Gasteiger partial charge in [0.1, 0.15) is 6.54 Å². The van der Waals surface area contributed by atoms with Crippen LogP contribution in [0.3, 0.4) is 0 Å². The third kappa shape index (κ3) is 2.53. The minimum Gasteiger partial charge on any atom is -0.380 e. The Kier molecular flexibility index (Phi) is 3.69. The lowest BCUT2D eigenvalue weighted by atomic mass is 10.1. The van der Waals surface area contributed by atoms with Crippen LogP contribution in [0.25, 0.3) is 10.9 Å². The molecule has 0 saturated carbocycles. The van der Waals surface area contributed by atoms with Crippen LogP contribution in [0.15, 0.2) is 36.5 Å². The molecule has 6 nitrogen and oxygen atoms in total. The van der Waals surface area contributed by atoms with E-state index in [1.165, 1.54) is 0 Å². The predicted octanol–water partition coefficient (Wildman–Crippen LogP) is 1.31. The summed E-state index contributed by atoms with van der Waals surface area (Å²) in [7, 11) is 1.67. The number of fused-ring (bicyclic) bond motifs is 2. The monoisotopic (exact) mass is 325 g/mol. The van der Waals surface area contributed by atoms with Gasteiger partial charge in [-0.1, -0.05) is 6.07 Å². The number of methoxy groups -OCH3 is 1. The zero-order valence-electron chi connectivity index (χ0n) is 13.5. The first kappa shape index (κ1) is 15.1. The van der Waals surface area contributed by atoms with E-state index in [-0.39, 0.29) is 30.5 Å². The van der Waals surface area contributed by atoms with Crippen molar-refractivity contribution in [2.24, 2.45) is 0 Å². The largest absolute Gasteiger partial charge is 0.380 e. The third-order valence-corrected chi connectivity index (χ3v) is 4.92. The van der Waals surface area contributed by atoms with Gasteiger partial charge in [0.2, 0.25) is 5.91 Å². The summed E-state index contributed by atoms with van der Waals surface area (Å²) in [6.07, 6.45) is 2.59. The average Bonchev–Trinajstić information content (AvgIpc) is 3.04. The van der Waals surface area contributed by atoms with Gasteiger partial charge in [0.25, 0.3) is 5.91 Å². The first-order valence-electron chi connectivity index (χ1n) is 8.12. The van der Waals surface area contributed by atoms with Crippen LogP contribution in [0.4, 0.5) is 0 Å². The maximum Gasteiger partial charge on any atom is 0.254 e. The molecular formula is C18H19N3O3. The van der Waals surface area contributed by atoms with E-state index in [0.717, 1.165) is 17.3 Å². The standard InChI is InChI=1S/C18H19N3O3/c1-24-15-8-14-9-20(11-17(22)21(14)10-15)18(23)13-4-5-16-12(7-13)3-2-6-19-16/h2-7,14-15H,8-11H2,1H3/t14-,15-/m0/s1. The molecule has 24 heavy (non-hydrogen) atoms. The lowest BCUT2D eigenvalue weighted by molar-refractivity contribution is -0.136. The van der Waals surface area contributed by atoms with Crippen LogP contribution in [0.2, 0.25) is 0 Å². The van der Waals surface area contributed by atoms with Gasteiger partial charge >= 0.3 is 0 Å². The SMILES string of the molecule is CO[C@H]1C[C@H]2CN(C(=O)c3ccc4ncccc4c3)CC(=O)N2C1. The quantitative estimate of drug-likeness (QED) is 0.835. The van der Waals surface area contributed by atoms with Crippen molar-refractivity contribution in [2.75, 3.05) is 26.7 Å². The summed E-state index contributed by atoms with van der Waals surface area (Å²) < 4.78 is 5.38. The predicted molar refractivity (Wildman–Crippen MR) is 88.6 cm³/mol. The summed E-state index contributed by atoms with van der Waals surface area (Å²) in [5.41, 5.74) is 1.45. The van der Waals surface area contributed by atoms with Crippen LogP contribution < -0.4 is 0 Å². The van der Waals surface area contributed by atoms with Crippen molar-refractivity contribution in [2.45, 2.75) is 18.6 Å². The smallest absolute Gasteiger partial charge is 0.254 e. The molecule has 2 amide bonds. The number of nitrogens with zero attached hydrogens (tertiary/aromatic N) is 3. The molecule has 1 aromatic carbocycles. The molecule has 2 atom stereocenters. The molecule has 2 aliphatic heterocycles. The first-order chi connectivity index (χ1) is 11.7. The molecule has 1 aromatic heterocycles. The van der Waals surface area contributed by atoms with E-state index in [1.54, 1.807) is 24.3 Å². The lowest BCUT2D eigenvalue weighted by Gasteiger charge is -2.36. The highest BCUT2D eigenvalue weighted by atomic mass is 16.5. The van der Waals surface area contributed by atoms with Crippen LogP contribution in [-0.2, 0) is 9.53 Å². The molecule has 2 saturated heterocycles. The Labute approximate surface area is 140 Å². The number of benzene rings is 1.